The smallest absolute Gasteiger partial charge is 0.203 e. The molecule has 0 spiro atoms. The minimum atomic E-state index is -1.90. The lowest BCUT2D eigenvalue weighted by molar-refractivity contribution is 0.0343. The Labute approximate surface area is 119 Å². The summed E-state index contributed by atoms with van der Waals surface area (Å²) in [6.07, 6.45) is 8.08. The SMILES string of the molecule is CCCCCC=CCC1(O)C(=O)c2ccccc2C1=O. The van der Waals surface area contributed by atoms with E-state index < -0.39 is 17.2 Å². The molecule has 0 aliphatic heterocycles. The molecule has 1 aliphatic carbocycles. The monoisotopic (exact) mass is 272 g/mol. The zero-order chi connectivity index (χ0) is 14.6. The summed E-state index contributed by atoms with van der Waals surface area (Å²) in [4.78, 5) is 24.4. The Bertz CT molecular complexity index is 508. The lowest BCUT2D eigenvalue weighted by Gasteiger charge is -2.16. The molecule has 3 heteroatoms. The number of benzene rings is 1. The van der Waals surface area contributed by atoms with Gasteiger partial charge in [-0.2, -0.15) is 0 Å². The van der Waals surface area contributed by atoms with Crippen LogP contribution in [0.3, 0.4) is 0 Å². The van der Waals surface area contributed by atoms with Crippen molar-refractivity contribution >= 4 is 11.6 Å². The van der Waals surface area contributed by atoms with Gasteiger partial charge in [-0.3, -0.25) is 9.59 Å². The largest absolute Gasteiger partial charge is 0.374 e. The maximum Gasteiger partial charge on any atom is 0.203 e. The van der Waals surface area contributed by atoms with Crippen LogP contribution in [0.5, 0.6) is 0 Å². The molecule has 106 valence electrons. The summed E-state index contributed by atoms with van der Waals surface area (Å²) in [5.74, 6) is -0.951. The summed E-state index contributed by atoms with van der Waals surface area (Å²) in [6.45, 7) is 2.14. The number of rotatable bonds is 6. The van der Waals surface area contributed by atoms with Gasteiger partial charge in [0.25, 0.3) is 0 Å². The van der Waals surface area contributed by atoms with Crippen molar-refractivity contribution in [3.05, 3.63) is 47.5 Å². The molecule has 1 N–H and O–H groups in total. The molecule has 0 unspecified atom stereocenters. The molecule has 20 heavy (non-hydrogen) atoms. The maximum absolute atomic E-state index is 12.2. The Morgan fingerprint density at radius 3 is 2.20 bits per heavy atom. The molecule has 0 amide bonds. The summed E-state index contributed by atoms with van der Waals surface area (Å²) in [7, 11) is 0. The number of carbonyl (C=O) groups is 2. The summed E-state index contributed by atoms with van der Waals surface area (Å²) in [5.41, 5.74) is -1.23. The van der Waals surface area contributed by atoms with Crippen molar-refractivity contribution in [2.75, 3.05) is 0 Å². The van der Waals surface area contributed by atoms with Crippen LogP contribution in [0.15, 0.2) is 36.4 Å². The quantitative estimate of drug-likeness (QED) is 0.491. The molecular formula is C17H20O3. The van der Waals surface area contributed by atoms with Gasteiger partial charge in [-0.25, -0.2) is 0 Å². The van der Waals surface area contributed by atoms with Gasteiger partial charge in [-0.15, -0.1) is 0 Å². The molecule has 0 heterocycles. The normalized spacial score (nSPS) is 16.9. The van der Waals surface area contributed by atoms with Crippen molar-refractivity contribution in [1.82, 2.24) is 0 Å². The first kappa shape index (κ1) is 14.7. The van der Waals surface area contributed by atoms with Crippen molar-refractivity contribution in [2.24, 2.45) is 0 Å². The van der Waals surface area contributed by atoms with E-state index >= 15 is 0 Å². The Balaban J connectivity index is 2.05. The van der Waals surface area contributed by atoms with Crippen molar-refractivity contribution in [1.29, 1.82) is 0 Å². The van der Waals surface area contributed by atoms with Crippen LogP contribution >= 0.6 is 0 Å². The highest BCUT2D eigenvalue weighted by molar-refractivity contribution is 6.31. The fraction of sp³-hybridized carbons (Fsp3) is 0.412. The van der Waals surface area contributed by atoms with Gasteiger partial charge < -0.3 is 5.11 Å². The lowest BCUT2D eigenvalue weighted by atomic mass is 9.93. The van der Waals surface area contributed by atoms with Gasteiger partial charge >= 0.3 is 0 Å². The number of unbranched alkanes of at least 4 members (excludes halogenated alkanes) is 3. The van der Waals surface area contributed by atoms with Gasteiger partial charge in [-0.05, 0) is 12.8 Å². The Morgan fingerprint density at radius 2 is 1.65 bits per heavy atom. The molecule has 0 atom stereocenters. The van der Waals surface area contributed by atoms with Gasteiger partial charge in [0.1, 0.15) is 0 Å². The van der Waals surface area contributed by atoms with E-state index in [4.69, 9.17) is 0 Å². The zero-order valence-corrected chi connectivity index (χ0v) is 11.8. The first-order valence-corrected chi connectivity index (χ1v) is 7.17. The fourth-order valence-electron chi connectivity index (χ4n) is 2.50. The van der Waals surface area contributed by atoms with Gasteiger partial charge in [-0.1, -0.05) is 56.2 Å². The van der Waals surface area contributed by atoms with Gasteiger partial charge in [0.05, 0.1) is 0 Å². The third kappa shape index (κ3) is 2.59. The van der Waals surface area contributed by atoms with Gasteiger partial charge in [0.2, 0.25) is 11.6 Å². The Morgan fingerprint density at radius 1 is 1.05 bits per heavy atom. The van der Waals surface area contributed by atoms with E-state index in [0.717, 1.165) is 25.7 Å². The van der Waals surface area contributed by atoms with E-state index in [1.807, 2.05) is 6.08 Å². The van der Waals surface area contributed by atoms with E-state index in [1.54, 1.807) is 30.3 Å². The number of fused-ring (bicyclic) bond motifs is 1. The van der Waals surface area contributed by atoms with Crippen LogP contribution in [-0.4, -0.2) is 22.3 Å². The molecule has 0 radical (unpaired) electrons. The van der Waals surface area contributed by atoms with Crippen LogP contribution in [0.25, 0.3) is 0 Å². The maximum atomic E-state index is 12.2. The Hall–Kier alpha value is -1.74. The highest BCUT2D eigenvalue weighted by Crippen LogP contribution is 2.32. The molecule has 3 nitrogen and oxygen atoms in total. The van der Waals surface area contributed by atoms with E-state index in [-0.39, 0.29) is 6.42 Å². The zero-order valence-electron chi connectivity index (χ0n) is 11.8. The standard InChI is InChI=1S/C17H20O3/c1-2-3-4-5-6-9-12-17(20)15(18)13-10-7-8-11-14(13)16(17)19/h6-11,20H,2-5,12H2,1H3. The third-order valence-corrected chi connectivity index (χ3v) is 3.72. The highest BCUT2D eigenvalue weighted by Gasteiger charge is 2.50. The predicted octanol–water partition coefficient (Wildman–Crippen LogP) is 3.32. The first-order chi connectivity index (χ1) is 9.61. The van der Waals surface area contributed by atoms with Crippen LogP contribution in [0.4, 0.5) is 0 Å². The van der Waals surface area contributed by atoms with Crippen LogP contribution in [0.1, 0.15) is 59.7 Å². The van der Waals surface area contributed by atoms with Crippen LogP contribution < -0.4 is 0 Å². The molecule has 0 fully saturated rings. The number of carbonyl (C=O) groups excluding carboxylic acids is 2. The van der Waals surface area contributed by atoms with Crippen molar-refractivity contribution in [3.8, 4) is 0 Å². The van der Waals surface area contributed by atoms with E-state index in [1.165, 1.54) is 0 Å². The second-order valence-electron chi connectivity index (χ2n) is 5.24. The topological polar surface area (TPSA) is 54.4 Å². The summed E-state index contributed by atoms with van der Waals surface area (Å²) < 4.78 is 0. The summed E-state index contributed by atoms with van der Waals surface area (Å²) in [6, 6.07) is 6.60. The minimum Gasteiger partial charge on any atom is -0.374 e. The molecule has 0 saturated carbocycles. The number of Topliss-reactive ketones (excluding diaryl/α,β-unsaturated/α-hetero) is 2. The fourth-order valence-corrected chi connectivity index (χ4v) is 2.50. The van der Waals surface area contributed by atoms with E-state index in [0.29, 0.717) is 11.1 Å². The summed E-state index contributed by atoms with van der Waals surface area (Å²) >= 11 is 0. The van der Waals surface area contributed by atoms with Gasteiger partial charge in [0.15, 0.2) is 5.60 Å². The van der Waals surface area contributed by atoms with Crippen LogP contribution in [0.2, 0.25) is 0 Å². The summed E-state index contributed by atoms with van der Waals surface area (Å²) in [5, 5.41) is 10.4. The molecule has 1 aliphatic rings. The number of aliphatic hydroxyl groups is 1. The van der Waals surface area contributed by atoms with E-state index in [9.17, 15) is 14.7 Å². The molecule has 1 aromatic carbocycles. The van der Waals surface area contributed by atoms with Crippen LogP contribution in [-0.2, 0) is 0 Å². The third-order valence-electron chi connectivity index (χ3n) is 3.72. The average Bonchev–Trinajstić information content (AvgIpc) is 2.66. The van der Waals surface area contributed by atoms with Crippen molar-refractivity contribution < 1.29 is 14.7 Å². The average molecular weight is 272 g/mol. The Kier molecular flexibility index (Phi) is 4.50. The second-order valence-corrected chi connectivity index (χ2v) is 5.24. The number of allylic oxidation sites excluding steroid dienone is 1. The number of hydrogen-bond acceptors (Lipinski definition) is 3. The molecule has 1 aromatic rings. The lowest BCUT2D eigenvalue weighted by Crippen LogP contribution is -2.40. The molecule has 0 bridgehead atoms. The number of hydrogen-bond donors (Lipinski definition) is 1. The molecule has 2 rings (SSSR count). The first-order valence-electron chi connectivity index (χ1n) is 7.17. The predicted molar refractivity (Wildman–Crippen MR) is 78.0 cm³/mol. The molecule has 0 aromatic heterocycles. The number of ketones is 2. The minimum absolute atomic E-state index is 0.0610. The highest BCUT2D eigenvalue weighted by atomic mass is 16.3. The van der Waals surface area contributed by atoms with Gasteiger partial charge in [0, 0.05) is 17.5 Å². The van der Waals surface area contributed by atoms with E-state index in [2.05, 4.69) is 6.92 Å². The molecule has 0 saturated heterocycles. The molecular weight excluding hydrogens is 252 g/mol. The van der Waals surface area contributed by atoms with Crippen LogP contribution in [0, 0.1) is 0 Å². The van der Waals surface area contributed by atoms with Crippen molar-refractivity contribution in [2.45, 2.75) is 44.6 Å². The van der Waals surface area contributed by atoms with Crippen molar-refractivity contribution in [3.63, 3.8) is 0 Å². The second kappa shape index (κ2) is 6.14.